The zero-order valence-electron chi connectivity index (χ0n) is 7.07. The Bertz CT molecular complexity index is 450. The highest BCUT2D eigenvalue weighted by molar-refractivity contribution is 7.80. The van der Waals surface area contributed by atoms with Crippen molar-refractivity contribution in [3.05, 3.63) is 17.5 Å². The number of ether oxygens (including phenoxy) is 1. The minimum atomic E-state index is 0.790. The maximum absolute atomic E-state index is 5.77. The molecule has 0 spiro atoms. The van der Waals surface area contributed by atoms with Crippen LogP contribution in [-0.4, -0.2) is 7.11 Å². The number of hydrogen-bond donors (Lipinski definition) is 2. The number of thiol groups is 1. The highest BCUT2D eigenvalue weighted by Crippen LogP contribution is 2.35. The van der Waals surface area contributed by atoms with Crippen molar-refractivity contribution in [2.75, 3.05) is 12.8 Å². The Morgan fingerprint density at radius 2 is 2.23 bits per heavy atom. The van der Waals surface area contributed by atoms with E-state index in [1.807, 2.05) is 17.5 Å². The fourth-order valence-electron chi connectivity index (χ4n) is 1.23. The van der Waals surface area contributed by atoms with E-state index in [1.54, 1.807) is 18.4 Å². The van der Waals surface area contributed by atoms with Gasteiger partial charge in [0, 0.05) is 20.4 Å². The summed E-state index contributed by atoms with van der Waals surface area (Å²) in [5, 5.41) is 2.98. The molecule has 0 amide bonds. The van der Waals surface area contributed by atoms with E-state index < -0.39 is 0 Å². The highest BCUT2D eigenvalue weighted by Gasteiger charge is 2.05. The lowest BCUT2D eigenvalue weighted by atomic mass is 10.2. The van der Waals surface area contributed by atoms with E-state index in [1.165, 1.54) is 0 Å². The maximum Gasteiger partial charge on any atom is 0.133 e. The smallest absolute Gasteiger partial charge is 0.133 e. The van der Waals surface area contributed by atoms with Crippen LogP contribution in [-0.2, 0) is 0 Å². The Kier molecular flexibility index (Phi) is 2.09. The zero-order valence-corrected chi connectivity index (χ0v) is 8.78. The molecule has 2 rings (SSSR count). The predicted octanol–water partition coefficient (Wildman–Crippen LogP) is 2.78. The normalized spacial score (nSPS) is 10.6. The first-order chi connectivity index (χ1) is 6.22. The van der Waals surface area contributed by atoms with Gasteiger partial charge in [-0.05, 0) is 12.1 Å². The van der Waals surface area contributed by atoms with Crippen LogP contribution in [0, 0.1) is 0 Å². The van der Waals surface area contributed by atoms with E-state index in [0.29, 0.717) is 0 Å². The quantitative estimate of drug-likeness (QED) is 0.711. The second-order valence-electron chi connectivity index (χ2n) is 2.71. The van der Waals surface area contributed by atoms with Gasteiger partial charge in [0.25, 0.3) is 0 Å². The predicted molar refractivity (Wildman–Crippen MR) is 60.0 cm³/mol. The Balaban J connectivity index is 2.76. The fourth-order valence-corrected chi connectivity index (χ4v) is 2.37. The second kappa shape index (κ2) is 3.12. The molecular weight excluding hydrogens is 202 g/mol. The molecular formula is C9H9NOS2. The largest absolute Gasteiger partial charge is 0.496 e. The van der Waals surface area contributed by atoms with Gasteiger partial charge < -0.3 is 10.5 Å². The Morgan fingerprint density at radius 1 is 1.46 bits per heavy atom. The molecule has 1 aromatic heterocycles. The van der Waals surface area contributed by atoms with Crippen molar-refractivity contribution in [2.24, 2.45) is 0 Å². The fraction of sp³-hybridized carbons (Fsp3) is 0.111. The monoisotopic (exact) mass is 211 g/mol. The summed E-state index contributed by atoms with van der Waals surface area (Å²) in [6.45, 7) is 0. The van der Waals surface area contributed by atoms with Crippen LogP contribution in [0.5, 0.6) is 5.75 Å². The van der Waals surface area contributed by atoms with Crippen molar-refractivity contribution in [1.82, 2.24) is 0 Å². The number of methoxy groups -OCH3 is 1. The molecule has 2 aromatic rings. The van der Waals surface area contributed by atoms with E-state index in [-0.39, 0.29) is 0 Å². The summed E-state index contributed by atoms with van der Waals surface area (Å²) in [6, 6.07) is 3.89. The summed E-state index contributed by atoms with van der Waals surface area (Å²) in [5.41, 5.74) is 6.58. The molecule has 2 N–H and O–H groups in total. The molecule has 4 heteroatoms. The molecule has 0 aliphatic carbocycles. The van der Waals surface area contributed by atoms with E-state index in [2.05, 4.69) is 12.6 Å². The third-order valence-corrected chi connectivity index (χ3v) is 3.22. The van der Waals surface area contributed by atoms with Crippen LogP contribution in [0.15, 0.2) is 22.4 Å². The van der Waals surface area contributed by atoms with Crippen LogP contribution in [0.1, 0.15) is 0 Å². The molecule has 0 atom stereocenters. The minimum absolute atomic E-state index is 0.790. The number of nitrogen functional groups attached to an aromatic ring is 1. The molecule has 0 aliphatic rings. The summed E-state index contributed by atoms with van der Waals surface area (Å²) in [4.78, 5) is 0.820. The van der Waals surface area contributed by atoms with Gasteiger partial charge in [-0.1, -0.05) is 0 Å². The Hall–Kier alpha value is -0.870. The van der Waals surface area contributed by atoms with Crippen molar-refractivity contribution in [3.8, 4) is 5.75 Å². The van der Waals surface area contributed by atoms with Crippen LogP contribution in [0.4, 0.5) is 5.69 Å². The van der Waals surface area contributed by atoms with Gasteiger partial charge in [-0.3, -0.25) is 0 Å². The van der Waals surface area contributed by atoms with Crippen molar-refractivity contribution in [3.63, 3.8) is 0 Å². The number of anilines is 1. The summed E-state index contributed by atoms with van der Waals surface area (Å²) < 4.78 is 6.28. The molecule has 0 radical (unpaired) electrons. The van der Waals surface area contributed by atoms with Gasteiger partial charge in [-0.2, -0.15) is 0 Å². The average molecular weight is 211 g/mol. The van der Waals surface area contributed by atoms with E-state index in [0.717, 1.165) is 26.4 Å². The van der Waals surface area contributed by atoms with E-state index >= 15 is 0 Å². The molecule has 13 heavy (non-hydrogen) atoms. The maximum atomic E-state index is 5.77. The number of rotatable bonds is 1. The third kappa shape index (κ3) is 1.36. The number of hydrogen-bond acceptors (Lipinski definition) is 4. The Labute approximate surface area is 85.7 Å². The number of fused-ring (bicyclic) bond motifs is 1. The minimum Gasteiger partial charge on any atom is -0.496 e. The van der Waals surface area contributed by atoms with Crippen LogP contribution < -0.4 is 10.5 Å². The SMILES string of the molecule is COc1cc2scc(N)c2cc1S. The van der Waals surface area contributed by atoms with Gasteiger partial charge >= 0.3 is 0 Å². The first-order valence-corrected chi connectivity index (χ1v) is 5.08. The average Bonchev–Trinajstić information content (AvgIpc) is 2.47. The molecule has 1 heterocycles. The van der Waals surface area contributed by atoms with Crippen LogP contribution in [0.3, 0.4) is 0 Å². The Morgan fingerprint density at radius 3 is 2.92 bits per heavy atom. The summed E-state index contributed by atoms with van der Waals surface area (Å²) in [5.74, 6) is 0.790. The van der Waals surface area contributed by atoms with E-state index in [9.17, 15) is 0 Å². The number of thiophene rings is 1. The summed E-state index contributed by atoms with van der Waals surface area (Å²) >= 11 is 5.91. The molecule has 2 nitrogen and oxygen atoms in total. The molecule has 0 saturated carbocycles. The molecule has 0 saturated heterocycles. The standard InChI is InChI=1S/C9H9NOS2/c1-11-7-3-9-5(2-8(7)12)6(10)4-13-9/h2-4,12H,10H2,1H3. The molecule has 0 fully saturated rings. The van der Waals surface area contributed by atoms with Gasteiger partial charge in [0.15, 0.2) is 0 Å². The lowest BCUT2D eigenvalue weighted by Crippen LogP contribution is -1.85. The molecule has 0 unspecified atom stereocenters. The third-order valence-electron chi connectivity index (χ3n) is 1.90. The number of nitrogens with two attached hydrogens (primary N) is 1. The molecule has 1 aromatic carbocycles. The van der Waals surface area contributed by atoms with Crippen molar-refractivity contribution in [1.29, 1.82) is 0 Å². The van der Waals surface area contributed by atoms with Crippen LogP contribution >= 0.6 is 24.0 Å². The van der Waals surface area contributed by atoms with Gasteiger partial charge in [0.2, 0.25) is 0 Å². The van der Waals surface area contributed by atoms with Crippen LogP contribution in [0.25, 0.3) is 10.1 Å². The van der Waals surface area contributed by atoms with Gasteiger partial charge in [0.05, 0.1) is 12.8 Å². The number of benzene rings is 1. The van der Waals surface area contributed by atoms with Gasteiger partial charge in [-0.15, -0.1) is 24.0 Å². The van der Waals surface area contributed by atoms with Crippen LogP contribution in [0.2, 0.25) is 0 Å². The lowest BCUT2D eigenvalue weighted by molar-refractivity contribution is 0.406. The second-order valence-corrected chi connectivity index (χ2v) is 4.10. The first kappa shape index (κ1) is 8.72. The van der Waals surface area contributed by atoms with E-state index in [4.69, 9.17) is 10.5 Å². The van der Waals surface area contributed by atoms with Crippen molar-refractivity contribution in [2.45, 2.75) is 4.90 Å². The van der Waals surface area contributed by atoms with Crippen molar-refractivity contribution >= 4 is 39.7 Å². The molecule has 0 bridgehead atoms. The van der Waals surface area contributed by atoms with Gasteiger partial charge in [-0.25, -0.2) is 0 Å². The molecule has 0 aliphatic heterocycles. The molecule has 68 valence electrons. The first-order valence-electron chi connectivity index (χ1n) is 3.76. The lowest BCUT2D eigenvalue weighted by Gasteiger charge is -2.03. The highest BCUT2D eigenvalue weighted by atomic mass is 32.1. The topological polar surface area (TPSA) is 35.2 Å². The zero-order chi connectivity index (χ0) is 9.42. The van der Waals surface area contributed by atoms with Gasteiger partial charge in [0.1, 0.15) is 5.75 Å². The van der Waals surface area contributed by atoms with Crippen molar-refractivity contribution < 1.29 is 4.74 Å². The summed E-state index contributed by atoms with van der Waals surface area (Å²) in [6.07, 6.45) is 0. The summed E-state index contributed by atoms with van der Waals surface area (Å²) in [7, 11) is 1.64.